The molecule has 4 heteroatoms. The van der Waals surface area contributed by atoms with E-state index in [-0.39, 0.29) is 18.5 Å². The van der Waals surface area contributed by atoms with Crippen molar-refractivity contribution in [1.29, 1.82) is 0 Å². The summed E-state index contributed by atoms with van der Waals surface area (Å²) in [5.41, 5.74) is 6.47. The second kappa shape index (κ2) is 6.55. The number of hydrogen-bond donors (Lipinski definition) is 1. The van der Waals surface area contributed by atoms with Crippen LogP contribution in [0.4, 0.5) is 5.82 Å². The van der Waals surface area contributed by atoms with Gasteiger partial charge >= 0.3 is 5.97 Å². The number of aromatic nitrogens is 1. The van der Waals surface area contributed by atoms with Crippen LogP contribution in [-0.2, 0) is 16.1 Å². The van der Waals surface area contributed by atoms with Gasteiger partial charge < -0.3 is 10.5 Å². The summed E-state index contributed by atoms with van der Waals surface area (Å²) < 4.78 is 5.33. The van der Waals surface area contributed by atoms with Gasteiger partial charge in [0.2, 0.25) is 0 Å². The summed E-state index contributed by atoms with van der Waals surface area (Å²) in [7, 11) is 0. The fourth-order valence-electron chi connectivity index (χ4n) is 2.72. The molecule has 1 heterocycles. The van der Waals surface area contributed by atoms with E-state index in [9.17, 15) is 4.79 Å². The van der Waals surface area contributed by atoms with Crippen molar-refractivity contribution in [2.24, 2.45) is 11.8 Å². The minimum atomic E-state index is -0.109. The van der Waals surface area contributed by atoms with Crippen LogP contribution in [-0.4, -0.2) is 11.0 Å². The molecule has 19 heavy (non-hydrogen) atoms. The Morgan fingerprint density at radius 1 is 1.53 bits per heavy atom. The van der Waals surface area contributed by atoms with Crippen molar-refractivity contribution in [3.63, 3.8) is 0 Å². The van der Waals surface area contributed by atoms with Crippen LogP contribution in [0.1, 0.15) is 44.6 Å². The van der Waals surface area contributed by atoms with Crippen molar-refractivity contribution < 1.29 is 9.53 Å². The Morgan fingerprint density at radius 3 is 2.95 bits per heavy atom. The van der Waals surface area contributed by atoms with Gasteiger partial charge in [0.05, 0.1) is 5.92 Å². The summed E-state index contributed by atoms with van der Waals surface area (Å²) in [6, 6.07) is 3.54. The maximum Gasteiger partial charge on any atom is 0.308 e. The number of carbonyl (C=O) groups is 1. The van der Waals surface area contributed by atoms with Gasteiger partial charge in [-0.1, -0.05) is 32.6 Å². The highest BCUT2D eigenvalue weighted by Crippen LogP contribution is 2.30. The first-order chi connectivity index (χ1) is 9.15. The van der Waals surface area contributed by atoms with Crippen LogP contribution in [0.15, 0.2) is 18.3 Å². The molecule has 1 aliphatic carbocycles. The van der Waals surface area contributed by atoms with Crippen LogP contribution in [0.2, 0.25) is 0 Å². The Balaban J connectivity index is 1.76. The molecule has 0 amide bonds. The molecule has 104 valence electrons. The molecule has 0 aromatic carbocycles. The molecule has 1 aliphatic rings. The Labute approximate surface area is 114 Å². The summed E-state index contributed by atoms with van der Waals surface area (Å²) in [6.07, 6.45) is 7.72. The molecule has 2 rings (SSSR count). The van der Waals surface area contributed by atoms with Crippen molar-refractivity contribution >= 4 is 11.8 Å². The normalized spacial score (nSPS) is 17.3. The van der Waals surface area contributed by atoms with Crippen LogP contribution < -0.4 is 5.73 Å². The van der Waals surface area contributed by atoms with E-state index in [0.717, 1.165) is 12.0 Å². The van der Waals surface area contributed by atoms with E-state index in [0.29, 0.717) is 11.7 Å². The zero-order valence-electron chi connectivity index (χ0n) is 11.5. The van der Waals surface area contributed by atoms with E-state index < -0.39 is 0 Å². The largest absolute Gasteiger partial charge is 0.461 e. The lowest BCUT2D eigenvalue weighted by Crippen LogP contribution is -2.17. The smallest absolute Gasteiger partial charge is 0.308 e. The van der Waals surface area contributed by atoms with Crippen molar-refractivity contribution in [3.05, 3.63) is 23.9 Å². The van der Waals surface area contributed by atoms with E-state index in [2.05, 4.69) is 4.98 Å². The molecule has 1 aromatic heterocycles. The summed E-state index contributed by atoms with van der Waals surface area (Å²) in [4.78, 5) is 15.8. The van der Waals surface area contributed by atoms with E-state index in [4.69, 9.17) is 10.5 Å². The summed E-state index contributed by atoms with van der Waals surface area (Å²) >= 11 is 0. The Kier molecular flexibility index (Phi) is 4.77. The molecule has 1 saturated carbocycles. The molecule has 1 aromatic rings. The maximum absolute atomic E-state index is 11.9. The standard InChI is InChI=1S/C15H22N2O2/c1-11(8-12-4-2-3-5-12)15(18)19-10-13-6-7-17-14(16)9-13/h6-7,9,11-12H,2-5,8,10H2,1H3,(H2,16,17)/t11-/m1/s1. The highest BCUT2D eigenvalue weighted by molar-refractivity contribution is 5.72. The first-order valence-corrected chi connectivity index (χ1v) is 7.02. The van der Waals surface area contributed by atoms with E-state index in [1.165, 1.54) is 25.7 Å². The Hall–Kier alpha value is -1.58. The average molecular weight is 262 g/mol. The molecule has 0 radical (unpaired) electrons. The second-order valence-corrected chi connectivity index (χ2v) is 5.48. The van der Waals surface area contributed by atoms with Gasteiger partial charge in [0.25, 0.3) is 0 Å². The predicted octanol–water partition coefficient (Wildman–Crippen LogP) is 2.92. The number of ether oxygens (including phenoxy) is 1. The van der Waals surface area contributed by atoms with Crippen molar-refractivity contribution in [1.82, 2.24) is 4.98 Å². The third kappa shape index (κ3) is 4.23. The van der Waals surface area contributed by atoms with E-state index in [1.807, 2.05) is 13.0 Å². The number of anilines is 1. The zero-order chi connectivity index (χ0) is 13.7. The van der Waals surface area contributed by atoms with Gasteiger partial charge in [-0.15, -0.1) is 0 Å². The first-order valence-electron chi connectivity index (χ1n) is 7.02. The van der Waals surface area contributed by atoms with Gasteiger partial charge in [0, 0.05) is 6.20 Å². The van der Waals surface area contributed by atoms with Gasteiger partial charge in [-0.05, 0) is 30.0 Å². The van der Waals surface area contributed by atoms with Crippen LogP contribution in [0.25, 0.3) is 0 Å². The minimum Gasteiger partial charge on any atom is -0.461 e. The molecule has 0 saturated heterocycles. The van der Waals surface area contributed by atoms with Crippen LogP contribution in [0.5, 0.6) is 0 Å². The lowest BCUT2D eigenvalue weighted by atomic mass is 9.95. The predicted molar refractivity (Wildman–Crippen MR) is 74.2 cm³/mol. The third-order valence-corrected chi connectivity index (χ3v) is 3.79. The number of esters is 1. The van der Waals surface area contributed by atoms with Crippen LogP contribution in [0, 0.1) is 11.8 Å². The van der Waals surface area contributed by atoms with Crippen LogP contribution >= 0.6 is 0 Å². The topological polar surface area (TPSA) is 65.2 Å². The van der Waals surface area contributed by atoms with Gasteiger partial charge in [-0.3, -0.25) is 4.79 Å². The molecule has 1 atom stereocenters. The minimum absolute atomic E-state index is 0.0118. The SMILES string of the molecule is C[C@H](CC1CCCC1)C(=O)OCc1ccnc(N)c1. The van der Waals surface area contributed by atoms with Crippen molar-refractivity contribution in [2.75, 3.05) is 5.73 Å². The molecule has 0 aliphatic heterocycles. The summed E-state index contributed by atoms with van der Waals surface area (Å²) in [5, 5.41) is 0. The van der Waals surface area contributed by atoms with Crippen molar-refractivity contribution in [2.45, 2.75) is 45.6 Å². The van der Waals surface area contributed by atoms with Gasteiger partial charge in [-0.2, -0.15) is 0 Å². The molecular weight excluding hydrogens is 240 g/mol. The number of nitrogens with two attached hydrogens (primary N) is 1. The first kappa shape index (κ1) is 13.8. The second-order valence-electron chi connectivity index (χ2n) is 5.48. The fraction of sp³-hybridized carbons (Fsp3) is 0.600. The zero-order valence-corrected chi connectivity index (χ0v) is 11.5. The molecule has 0 unspecified atom stereocenters. The lowest BCUT2D eigenvalue weighted by Gasteiger charge is -2.15. The molecular formula is C15H22N2O2. The Morgan fingerprint density at radius 2 is 2.26 bits per heavy atom. The molecule has 2 N–H and O–H groups in total. The maximum atomic E-state index is 11.9. The van der Waals surface area contributed by atoms with E-state index in [1.54, 1.807) is 12.3 Å². The third-order valence-electron chi connectivity index (χ3n) is 3.79. The number of carbonyl (C=O) groups excluding carboxylic acids is 1. The lowest BCUT2D eigenvalue weighted by molar-refractivity contribution is -0.149. The van der Waals surface area contributed by atoms with E-state index >= 15 is 0 Å². The molecule has 0 bridgehead atoms. The molecule has 4 nitrogen and oxygen atoms in total. The monoisotopic (exact) mass is 262 g/mol. The summed E-state index contributed by atoms with van der Waals surface area (Å²) in [6.45, 7) is 2.24. The number of rotatable bonds is 5. The number of nitrogens with zero attached hydrogens (tertiary/aromatic N) is 1. The fourth-order valence-corrected chi connectivity index (χ4v) is 2.72. The van der Waals surface area contributed by atoms with Gasteiger partial charge in [-0.25, -0.2) is 4.98 Å². The molecule has 1 fully saturated rings. The highest BCUT2D eigenvalue weighted by Gasteiger charge is 2.22. The van der Waals surface area contributed by atoms with Crippen LogP contribution in [0.3, 0.4) is 0 Å². The Bertz CT molecular complexity index is 428. The van der Waals surface area contributed by atoms with Crippen molar-refractivity contribution in [3.8, 4) is 0 Å². The highest BCUT2D eigenvalue weighted by atomic mass is 16.5. The van der Waals surface area contributed by atoms with Gasteiger partial charge in [0.15, 0.2) is 0 Å². The summed E-state index contributed by atoms with van der Waals surface area (Å²) in [5.74, 6) is 1.04. The molecule has 0 spiro atoms. The number of pyridine rings is 1. The van der Waals surface area contributed by atoms with Gasteiger partial charge in [0.1, 0.15) is 12.4 Å². The number of hydrogen-bond acceptors (Lipinski definition) is 4. The number of nitrogen functional groups attached to an aromatic ring is 1. The quantitative estimate of drug-likeness (QED) is 0.829. The average Bonchev–Trinajstić information content (AvgIpc) is 2.89.